The number of fused-ring (bicyclic) bond motifs is 1. The fraction of sp³-hybridized carbons (Fsp3) is 0.444. The van der Waals surface area contributed by atoms with Gasteiger partial charge in [-0.3, -0.25) is 9.78 Å². The van der Waals surface area contributed by atoms with Crippen molar-refractivity contribution in [2.24, 2.45) is 5.92 Å². The van der Waals surface area contributed by atoms with Crippen LogP contribution in [0.15, 0.2) is 30.6 Å². The highest BCUT2D eigenvalue weighted by Gasteiger charge is 2.24. The molecule has 3 rings (SSSR count). The molecule has 2 aromatic heterocycles. The van der Waals surface area contributed by atoms with Crippen LogP contribution < -0.4 is 0 Å². The number of pyridine rings is 1. The molecule has 22 heavy (non-hydrogen) atoms. The largest absolute Gasteiger partial charge is 0.359 e. The Labute approximate surface area is 131 Å². The molecule has 1 aliphatic heterocycles. The number of carbonyl (C=O) groups is 1. The smallest absolute Gasteiger partial charge is 0.225 e. The van der Waals surface area contributed by atoms with Crippen molar-refractivity contribution in [3.05, 3.63) is 36.2 Å². The SMILES string of the molecule is CCC(CC)C(=O)N1CC=C(c2c[nH]c3cccnc23)CC1. The Hall–Kier alpha value is -2.10. The summed E-state index contributed by atoms with van der Waals surface area (Å²) in [5.41, 5.74) is 4.55. The fourth-order valence-corrected chi connectivity index (χ4v) is 3.21. The third-order valence-electron chi connectivity index (χ3n) is 4.64. The van der Waals surface area contributed by atoms with Crippen LogP contribution >= 0.6 is 0 Å². The fourth-order valence-electron chi connectivity index (χ4n) is 3.21. The molecule has 1 N–H and O–H groups in total. The predicted molar refractivity (Wildman–Crippen MR) is 89.3 cm³/mol. The standard InChI is InChI=1S/C18H23N3O/c1-3-13(4-2)18(22)21-10-7-14(8-11-21)15-12-20-16-6-5-9-19-17(15)16/h5-7,9,12-13,20H,3-4,8,10-11H2,1-2H3. The van der Waals surface area contributed by atoms with Crippen molar-refractivity contribution in [2.45, 2.75) is 33.1 Å². The van der Waals surface area contributed by atoms with E-state index in [1.165, 1.54) is 11.1 Å². The number of nitrogens with one attached hydrogen (secondary N) is 1. The molecule has 116 valence electrons. The number of H-pyrrole nitrogens is 1. The zero-order valence-electron chi connectivity index (χ0n) is 13.3. The Morgan fingerprint density at radius 3 is 2.91 bits per heavy atom. The maximum Gasteiger partial charge on any atom is 0.225 e. The lowest BCUT2D eigenvalue weighted by Crippen LogP contribution is -2.38. The monoisotopic (exact) mass is 297 g/mol. The second-order valence-electron chi connectivity index (χ2n) is 5.88. The van der Waals surface area contributed by atoms with Gasteiger partial charge in [-0.15, -0.1) is 0 Å². The van der Waals surface area contributed by atoms with E-state index in [1.54, 1.807) is 0 Å². The molecule has 2 aromatic rings. The van der Waals surface area contributed by atoms with E-state index in [-0.39, 0.29) is 5.92 Å². The van der Waals surface area contributed by atoms with Gasteiger partial charge in [0, 0.05) is 37.0 Å². The molecule has 0 atom stereocenters. The summed E-state index contributed by atoms with van der Waals surface area (Å²) < 4.78 is 0. The quantitative estimate of drug-likeness (QED) is 0.937. The number of hydrogen-bond donors (Lipinski definition) is 1. The van der Waals surface area contributed by atoms with E-state index in [9.17, 15) is 4.79 Å². The van der Waals surface area contributed by atoms with E-state index in [2.05, 4.69) is 29.9 Å². The number of nitrogens with zero attached hydrogens (tertiary/aromatic N) is 2. The van der Waals surface area contributed by atoms with Crippen molar-refractivity contribution in [3.8, 4) is 0 Å². The van der Waals surface area contributed by atoms with Gasteiger partial charge >= 0.3 is 0 Å². The molecule has 1 aliphatic rings. The van der Waals surface area contributed by atoms with E-state index in [0.29, 0.717) is 12.5 Å². The van der Waals surface area contributed by atoms with Crippen molar-refractivity contribution in [1.29, 1.82) is 0 Å². The maximum atomic E-state index is 12.4. The van der Waals surface area contributed by atoms with E-state index in [1.807, 2.05) is 29.4 Å². The van der Waals surface area contributed by atoms with Crippen molar-refractivity contribution in [3.63, 3.8) is 0 Å². The predicted octanol–water partition coefficient (Wildman–Crippen LogP) is 3.61. The minimum Gasteiger partial charge on any atom is -0.359 e. The molecule has 0 spiro atoms. The highest BCUT2D eigenvalue weighted by atomic mass is 16.2. The second kappa shape index (κ2) is 6.34. The van der Waals surface area contributed by atoms with Crippen LogP contribution in [-0.2, 0) is 4.79 Å². The Kier molecular flexibility index (Phi) is 4.27. The molecule has 0 saturated heterocycles. The second-order valence-corrected chi connectivity index (χ2v) is 5.88. The van der Waals surface area contributed by atoms with E-state index >= 15 is 0 Å². The molecule has 0 aliphatic carbocycles. The summed E-state index contributed by atoms with van der Waals surface area (Å²) in [6, 6.07) is 3.98. The zero-order chi connectivity index (χ0) is 15.5. The molecule has 3 heterocycles. The van der Waals surface area contributed by atoms with E-state index < -0.39 is 0 Å². The first-order chi connectivity index (χ1) is 10.7. The molecule has 0 unspecified atom stereocenters. The molecular formula is C18H23N3O. The lowest BCUT2D eigenvalue weighted by molar-refractivity contribution is -0.135. The van der Waals surface area contributed by atoms with Crippen LogP contribution in [-0.4, -0.2) is 33.9 Å². The van der Waals surface area contributed by atoms with Gasteiger partial charge in [0.05, 0.1) is 11.0 Å². The summed E-state index contributed by atoms with van der Waals surface area (Å²) in [4.78, 5) is 22.2. The molecule has 0 fully saturated rings. The molecule has 4 nitrogen and oxygen atoms in total. The molecular weight excluding hydrogens is 274 g/mol. The molecule has 4 heteroatoms. The van der Waals surface area contributed by atoms with Crippen LogP contribution in [0.3, 0.4) is 0 Å². The van der Waals surface area contributed by atoms with Gasteiger partial charge in [0.25, 0.3) is 0 Å². The average molecular weight is 297 g/mol. The van der Waals surface area contributed by atoms with Gasteiger partial charge in [-0.25, -0.2) is 0 Å². The van der Waals surface area contributed by atoms with Crippen molar-refractivity contribution < 1.29 is 4.79 Å². The first-order valence-corrected chi connectivity index (χ1v) is 8.14. The number of carbonyl (C=O) groups excluding carboxylic acids is 1. The number of aromatic nitrogens is 2. The summed E-state index contributed by atoms with van der Waals surface area (Å²) in [5, 5.41) is 0. The highest BCUT2D eigenvalue weighted by Crippen LogP contribution is 2.28. The van der Waals surface area contributed by atoms with Gasteiger partial charge in [-0.2, -0.15) is 0 Å². The average Bonchev–Trinajstić information content (AvgIpc) is 3.00. The third-order valence-corrected chi connectivity index (χ3v) is 4.64. The molecule has 0 saturated carbocycles. The summed E-state index contributed by atoms with van der Waals surface area (Å²) in [6.45, 7) is 5.70. The molecule has 1 amide bonds. The van der Waals surface area contributed by atoms with Gasteiger partial charge in [-0.1, -0.05) is 19.9 Å². The molecule has 0 aromatic carbocycles. The Morgan fingerprint density at radius 1 is 1.41 bits per heavy atom. The summed E-state index contributed by atoms with van der Waals surface area (Å²) in [6.07, 6.45) is 8.79. The van der Waals surface area contributed by atoms with Gasteiger partial charge in [0.1, 0.15) is 0 Å². The Bertz CT molecular complexity index is 697. The van der Waals surface area contributed by atoms with Crippen LogP contribution in [0, 0.1) is 5.92 Å². The van der Waals surface area contributed by atoms with Crippen LogP contribution in [0.1, 0.15) is 38.7 Å². The van der Waals surface area contributed by atoms with Gasteiger partial charge < -0.3 is 9.88 Å². The third kappa shape index (κ3) is 2.65. The first-order valence-electron chi connectivity index (χ1n) is 8.14. The van der Waals surface area contributed by atoms with Crippen LogP contribution in [0.4, 0.5) is 0 Å². The number of hydrogen-bond acceptors (Lipinski definition) is 2. The Balaban J connectivity index is 1.78. The number of rotatable bonds is 4. The van der Waals surface area contributed by atoms with E-state index in [4.69, 9.17) is 0 Å². The van der Waals surface area contributed by atoms with Crippen molar-refractivity contribution in [2.75, 3.05) is 13.1 Å². The molecule has 0 radical (unpaired) electrons. The summed E-state index contributed by atoms with van der Waals surface area (Å²) >= 11 is 0. The highest BCUT2D eigenvalue weighted by molar-refractivity contribution is 5.90. The lowest BCUT2D eigenvalue weighted by Gasteiger charge is -2.29. The summed E-state index contributed by atoms with van der Waals surface area (Å²) in [7, 11) is 0. The van der Waals surface area contributed by atoms with Gasteiger partial charge in [0.2, 0.25) is 5.91 Å². The van der Waals surface area contributed by atoms with Gasteiger partial charge in [0.15, 0.2) is 0 Å². The molecule has 0 bridgehead atoms. The maximum absolute atomic E-state index is 12.4. The minimum atomic E-state index is 0.171. The number of aromatic amines is 1. The normalized spacial score (nSPS) is 15.4. The van der Waals surface area contributed by atoms with Crippen LogP contribution in [0.2, 0.25) is 0 Å². The topological polar surface area (TPSA) is 49.0 Å². The van der Waals surface area contributed by atoms with Crippen LogP contribution in [0.25, 0.3) is 16.6 Å². The lowest BCUT2D eigenvalue weighted by atomic mass is 9.97. The zero-order valence-corrected chi connectivity index (χ0v) is 13.3. The first kappa shape index (κ1) is 14.8. The Morgan fingerprint density at radius 2 is 2.23 bits per heavy atom. The minimum absolute atomic E-state index is 0.171. The van der Waals surface area contributed by atoms with Gasteiger partial charge in [-0.05, 0) is 37.0 Å². The van der Waals surface area contributed by atoms with Crippen molar-refractivity contribution >= 4 is 22.5 Å². The van der Waals surface area contributed by atoms with Crippen molar-refractivity contribution in [1.82, 2.24) is 14.9 Å². The van der Waals surface area contributed by atoms with Crippen LogP contribution in [0.5, 0.6) is 0 Å². The van der Waals surface area contributed by atoms with E-state index in [0.717, 1.165) is 36.8 Å². The number of amides is 1. The summed E-state index contributed by atoms with van der Waals surface area (Å²) in [5.74, 6) is 0.474.